The Morgan fingerprint density at radius 1 is 1.17 bits per heavy atom. The van der Waals surface area contributed by atoms with E-state index in [1.165, 1.54) is 30.3 Å². The number of nitrogens with zero attached hydrogens (tertiary/aromatic N) is 1. The average Bonchev–Trinajstić information content (AvgIpc) is 2.71. The molecule has 0 aromatic heterocycles. The molecule has 164 valence electrons. The molecule has 1 heterocycles. The maximum absolute atomic E-state index is 12.6. The fourth-order valence-corrected chi connectivity index (χ4v) is 4.40. The molecular weight excluding hydrogens is 412 g/mol. The smallest absolute Gasteiger partial charge is 0.306 e. The molecule has 0 spiro atoms. The second kappa shape index (κ2) is 10.5. The Balaban J connectivity index is 1.90. The molecule has 0 radical (unpaired) electrons. The van der Waals surface area contributed by atoms with Crippen LogP contribution in [0.15, 0.2) is 40.5 Å². The van der Waals surface area contributed by atoms with Gasteiger partial charge in [0, 0.05) is 25.2 Å². The van der Waals surface area contributed by atoms with Gasteiger partial charge in [-0.2, -0.15) is 4.31 Å². The molecule has 2 N–H and O–H groups in total. The summed E-state index contributed by atoms with van der Waals surface area (Å²) in [5.41, 5.74) is 0.482. The summed E-state index contributed by atoms with van der Waals surface area (Å²) in [6.07, 6.45) is 0.339. The standard InChI is InChI=1S/C20H26N2O7S/c1-14(21)20(15(2)23)18(24)13-29-19(25)8-5-16-3-6-17(7-4-16)30(26,27)22-9-11-28-12-10-22/h3-4,6-7,21,24H,5,8-13H2,1-2H3/b20-18-,21-14?. The number of aliphatic hydroxyl groups is 1. The first kappa shape index (κ1) is 23.7. The van der Waals surface area contributed by atoms with Gasteiger partial charge in [0.05, 0.1) is 23.7 Å². The van der Waals surface area contributed by atoms with E-state index in [2.05, 4.69) is 0 Å². The third kappa shape index (κ3) is 6.22. The molecule has 1 aromatic carbocycles. The first-order chi connectivity index (χ1) is 14.1. The summed E-state index contributed by atoms with van der Waals surface area (Å²) >= 11 is 0. The van der Waals surface area contributed by atoms with Gasteiger partial charge in [0.15, 0.2) is 5.78 Å². The molecule has 30 heavy (non-hydrogen) atoms. The monoisotopic (exact) mass is 438 g/mol. The minimum absolute atomic E-state index is 0.0157. The van der Waals surface area contributed by atoms with Gasteiger partial charge in [-0.3, -0.25) is 9.59 Å². The fourth-order valence-electron chi connectivity index (χ4n) is 2.99. The number of carbonyl (C=O) groups is 2. The Labute approximate surface area is 175 Å². The molecule has 1 aliphatic rings. The number of Topliss-reactive ketones (excluding diaryl/α,β-unsaturated/α-hetero) is 1. The lowest BCUT2D eigenvalue weighted by atomic mass is 10.1. The highest BCUT2D eigenvalue weighted by atomic mass is 32.2. The van der Waals surface area contributed by atoms with Crippen LogP contribution in [0, 0.1) is 5.41 Å². The van der Waals surface area contributed by atoms with Crippen molar-refractivity contribution in [2.75, 3.05) is 32.9 Å². The molecule has 9 nitrogen and oxygen atoms in total. The third-order valence-corrected chi connectivity index (χ3v) is 6.45. The summed E-state index contributed by atoms with van der Waals surface area (Å²) in [6, 6.07) is 6.30. The van der Waals surface area contributed by atoms with Crippen LogP contribution in [-0.4, -0.2) is 68.2 Å². The Hall–Kier alpha value is -2.56. The van der Waals surface area contributed by atoms with Crippen LogP contribution >= 0.6 is 0 Å². The zero-order valence-electron chi connectivity index (χ0n) is 17.0. The summed E-state index contributed by atoms with van der Waals surface area (Å²) in [6.45, 7) is 3.47. The maximum atomic E-state index is 12.6. The van der Waals surface area contributed by atoms with Crippen molar-refractivity contribution >= 4 is 27.5 Å². The number of rotatable bonds is 9. The largest absolute Gasteiger partial charge is 0.508 e. The summed E-state index contributed by atoms with van der Waals surface area (Å²) in [5, 5.41) is 17.4. The van der Waals surface area contributed by atoms with Crippen LogP contribution in [0.3, 0.4) is 0 Å². The van der Waals surface area contributed by atoms with Crippen LogP contribution in [0.4, 0.5) is 0 Å². The van der Waals surface area contributed by atoms with Crippen molar-refractivity contribution in [2.24, 2.45) is 0 Å². The Bertz CT molecular complexity index is 914. The number of aryl methyl sites for hydroxylation is 1. The first-order valence-corrected chi connectivity index (χ1v) is 10.9. The van der Waals surface area contributed by atoms with Crippen LogP contribution in [0.1, 0.15) is 25.8 Å². The number of aliphatic hydroxyl groups excluding tert-OH is 1. The summed E-state index contributed by atoms with van der Waals surface area (Å²) in [4.78, 5) is 23.5. The number of sulfonamides is 1. The zero-order valence-corrected chi connectivity index (χ0v) is 17.8. The van der Waals surface area contributed by atoms with Crippen molar-refractivity contribution in [2.45, 2.75) is 31.6 Å². The Morgan fingerprint density at radius 2 is 1.77 bits per heavy atom. The molecule has 0 saturated carbocycles. The van der Waals surface area contributed by atoms with Gasteiger partial charge in [-0.05, 0) is 38.0 Å². The molecule has 0 bridgehead atoms. The van der Waals surface area contributed by atoms with Crippen molar-refractivity contribution in [1.29, 1.82) is 5.41 Å². The van der Waals surface area contributed by atoms with Gasteiger partial charge in [0.25, 0.3) is 0 Å². The normalized spacial score (nSPS) is 15.9. The van der Waals surface area contributed by atoms with Crippen molar-refractivity contribution in [3.8, 4) is 0 Å². The number of hydrogen-bond acceptors (Lipinski definition) is 8. The van der Waals surface area contributed by atoms with E-state index in [1.807, 2.05) is 0 Å². The van der Waals surface area contributed by atoms with E-state index >= 15 is 0 Å². The minimum Gasteiger partial charge on any atom is -0.508 e. The number of nitrogens with one attached hydrogen (secondary N) is 1. The van der Waals surface area contributed by atoms with Gasteiger partial charge < -0.3 is 20.0 Å². The van der Waals surface area contributed by atoms with Gasteiger partial charge in [0.1, 0.15) is 12.4 Å². The van der Waals surface area contributed by atoms with E-state index in [0.29, 0.717) is 32.7 Å². The van der Waals surface area contributed by atoms with Crippen LogP contribution < -0.4 is 0 Å². The van der Waals surface area contributed by atoms with E-state index in [-0.39, 0.29) is 22.6 Å². The summed E-state index contributed by atoms with van der Waals surface area (Å²) < 4.78 is 36.7. The number of allylic oxidation sites excluding steroid dienone is 1. The lowest BCUT2D eigenvalue weighted by Gasteiger charge is -2.26. The number of carbonyl (C=O) groups excluding carboxylic acids is 2. The zero-order chi connectivity index (χ0) is 22.3. The average molecular weight is 439 g/mol. The summed E-state index contributed by atoms with van der Waals surface area (Å²) in [7, 11) is -3.57. The predicted molar refractivity (Wildman–Crippen MR) is 109 cm³/mol. The van der Waals surface area contributed by atoms with Gasteiger partial charge >= 0.3 is 5.97 Å². The fraction of sp³-hybridized carbons (Fsp3) is 0.450. The van der Waals surface area contributed by atoms with Crippen molar-refractivity contribution < 1.29 is 32.6 Å². The molecule has 1 saturated heterocycles. The molecule has 1 aliphatic heterocycles. The molecule has 0 unspecified atom stereocenters. The van der Waals surface area contributed by atoms with Gasteiger partial charge in [-0.25, -0.2) is 8.42 Å². The molecule has 10 heteroatoms. The molecule has 1 aromatic rings. The predicted octanol–water partition coefficient (Wildman–Crippen LogP) is 1.62. The third-order valence-electron chi connectivity index (χ3n) is 4.53. The highest BCUT2D eigenvalue weighted by Gasteiger charge is 2.26. The molecule has 0 atom stereocenters. The molecule has 0 amide bonds. The van der Waals surface area contributed by atoms with Crippen LogP contribution in [0.5, 0.6) is 0 Å². The van der Waals surface area contributed by atoms with Gasteiger partial charge in [-0.15, -0.1) is 0 Å². The summed E-state index contributed by atoms with van der Waals surface area (Å²) in [5.74, 6) is -1.53. The second-order valence-corrected chi connectivity index (χ2v) is 8.76. The highest BCUT2D eigenvalue weighted by molar-refractivity contribution is 7.89. The molecular formula is C20H26N2O7S. The Kier molecular flexibility index (Phi) is 8.27. The maximum Gasteiger partial charge on any atom is 0.306 e. The number of hydrogen-bond donors (Lipinski definition) is 2. The van der Waals surface area contributed by atoms with E-state index in [1.54, 1.807) is 12.1 Å². The molecule has 2 rings (SSSR count). The van der Waals surface area contributed by atoms with E-state index in [9.17, 15) is 23.1 Å². The van der Waals surface area contributed by atoms with Crippen LogP contribution in [-0.2, 0) is 35.5 Å². The SMILES string of the molecule is CC(=N)/C(C(C)=O)=C(/O)COC(=O)CCc1ccc(S(=O)(=O)N2CCOCC2)cc1. The van der Waals surface area contributed by atoms with E-state index < -0.39 is 34.1 Å². The van der Waals surface area contributed by atoms with Gasteiger partial charge in [0.2, 0.25) is 10.0 Å². The number of ketones is 1. The van der Waals surface area contributed by atoms with E-state index in [0.717, 1.165) is 5.56 Å². The first-order valence-electron chi connectivity index (χ1n) is 9.44. The Morgan fingerprint density at radius 3 is 2.30 bits per heavy atom. The number of benzene rings is 1. The number of esters is 1. The number of morpholine rings is 1. The van der Waals surface area contributed by atoms with Crippen LogP contribution in [0.2, 0.25) is 0 Å². The van der Waals surface area contributed by atoms with Crippen molar-refractivity contribution in [1.82, 2.24) is 4.31 Å². The minimum atomic E-state index is -3.57. The molecule has 0 aliphatic carbocycles. The lowest BCUT2D eigenvalue weighted by Crippen LogP contribution is -2.40. The quantitative estimate of drug-likeness (QED) is 0.259. The van der Waals surface area contributed by atoms with Crippen LogP contribution in [0.25, 0.3) is 0 Å². The molecule has 1 fully saturated rings. The topological polar surface area (TPSA) is 134 Å². The second-order valence-electron chi connectivity index (χ2n) is 6.82. The highest BCUT2D eigenvalue weighted by Crippen LogP contribution is 2.18. The number of ether oxygens (including phenoxy) is 2. The van der Waals surface area contributed by atoms with E-state index in [4.69, 9.17) is 14.9 Å². The van der Waals surface area contributed by atoms with Crippen molar-refractivity contribution in [3.05, 3.63) is 41.2 Å². The lowest BCUT2D eigenvalue weighted by molar-refractivity contribution is -0.143. The van der Waals surface area contributed by atoms with Crippen molar-refractivity contribution in [3.63, 3.8) is 0 Å². The van der Waals surface area contributed by atoms with Gasteiger partial charge in [-0.1, -0.05) is 12.1 Å².